The van der Waals surface area contributed by atoms with E-state index < -0.39 is 11.9 Å². The summed E-state index contributed by atoms with van der Waals surface area (Å²) >= 11 is 0. The Bertz CT molecular complexity index is 1260. The summed E-state index contributed by atoms with van der Waals surface area (Å²) in [5.74, 6) is -0.692. The molecule has 0 spiro atoms. The van der Waals surface area contributed by atoms with Crippen LogP contribution in [0.15, 0.2) is 48.9 Å². The molecule has 1 amide bonds. The lowest BCUT2D eigenvalue weighted by Crippen LogP contribution is -2.13. The average Bonchev–Trinajstić information content (AvgIpc) is 3.19. The van der Waals surface area contributed by atoms with Gasteiger partial charge in [-0.05, 0) is 37.6 Å². The van der Waals surface area contributed by atoms with Crippen molar-refractivity contribution in [1.29, 1.82) is 0 Å². The van der Waals surface area contributed by atoms with Crippen molar-refractivity contribution in [1.82, 2.24) is 19.9 Å². The van der Waals surface area contributed by atoms with Gasteiger partial charge in [-0.1, -0.05) is 12.1 Å². The smallest absolute Gasteiger partial charge is 0.411 e. The van der Waals surface area contributed by atoms with Crippen molar-refractivity contribution in [3.8, 4) is 11.4 Å². The number of nitrogens with zero attached hydrogens (tertiary/aromatic N) is 3. The molecule has 164 valence electrons. The van der Waals surface area contributed by atoms with E-state index >= 15 is 0 Å². The van der Waals surface area contributed by atoms with Crippen LogP contribution in [0.4, 0.5) is 25.1 Å². The molecule has 0 aliphatic heterocycles. The van der Waals surface area contributed by atoms with Gasteiger partial charge in [-0.3, -0.25) is 5.32 Å². The number of halogens is 2. The van der Waals surface area contributed by atoms with Gasteiger partial charge in [0.05, 0.1) is 30.7 Å². The highest BCUT2D eigenvalue weighted by Crippen LogP contribution is 2.29. The Hall–Kier alpha value is -4.08. The second kappa shape index (κ2) is 8.96. The standard InChI is InChI=1S/C22H20F2N6O2/c1-3-32-22(31)29-15-8-16-17(10-26-19(16)25-9-15)20-27-11-18(24)21(30-20)28-12(2)13-4-6-14(23)7-5-13/h4-12H,3H2,1-2H3,(H,25,26)(H,29,31)(H,27,28,30)/t12-/m0/s1. The van der Waals surface area contributed by atoms with E-state index in [9.17, 15) is 13.6 Å². The van der Waals surface area contributed by atoms with E-state index in [2.05, 4.69) is 30.6 Å². The molecule has 4 aromatic rings. The molecule has 1 atom stereocenters. The summed E-state index contributed by atoms with van der Waals surface area (Å²) in [6.07, 6.45) is 3.63. The van der Waals surface area contributed by atoms with Crippen LogP contribution < -0.4 is 10.6 Å². The second-order valence-corrected chi connectivity index (χ2v) is 6.98. The molecule has 0 radical (unpaired) electrons. The summed E-state index contributed by atoms with van der Waals surface area (Å²) in [5.41, 5.74) is 2.34. The molecule has 4 rings (SSSR count). The first kappa shape index (κ1) is 21.2. The molecule has 1 aromatic carbocycles. The molecule has 0 saturated carbocycles. The van der Waals surface area contributed by atoms with Crippen molar-refractivity contribution in [3.05, 3.63) is 66.1 Å². The number of carbonyl (C=O) groups is 1. The van der Waals surface area contributed by atoms with Gasteiger partial charge in [0.25, 0.3) is 0 Å². The number of fused-ring (bicyclic) bond motifs is 1. The number of carbonyl (C=O) groups excluding carboxylic acids is 1. The summed E-state index contributed by atoms with van der Waals surface area (Å²) in [4.78, 5) is 27.4. The monoisotopic (exact) mass is 438 g/mol. The largest absolute Gasteiger partial charge is 0.450 e. The maximum Gasteiger partial charge on any atom is 0.411 e. The Balaban J connectivity index is 1.63. The number of pyridine rings is 1. The van der Waals surface area contributed by atoms with E-state index in [1.54, 1.807) is 31.3 Å². The topological polar surface area (TPSA) is 105 Å². The fraction of sp³-hybridized carbons (Fsp3) is 0.182. The van der Waals surface area contributed by atoms with Crippen molar-refractivity contribution >= 4 is 28.6 Å². The van der Waals surface area contributed by atoms with Gasteiger partial charge in [0.1, 0.15) is 11.5 Å². The highest BCUT2D eigenvalue weighted by molar-refractivity contribution is 5.95. The third kappa shape index (κ3) is 4.48. The van der Waals surface area contributed by atoms with Crippen LogP contribution in [0.2, 0.25) is 0 Å². The van der Waals surface area contributed by atoms with Gasteiger partial charge in [-0.25, -0.2) is 28.5 Å². The molecule has 3 aromatic heterocycles. The fourth-order valence-electron chi connectivity index (χ4n) is 3.18. The zero-order valence-corrected chi connectivity index (χ0v) is 17.3. The molecular weight excluding hydrogens is 418 g/mol. The maximum atomic E-state index is 14.4. The number of hydrogen-bond acceptors (Lipinski definition) is 6. The van der Waals surface area contributed by atoms with Crippen LogP contribution in [0, 0.1) is 11.6 Å². The molecule has 10 heteroatoms. The van der Waals surface area contributed by atoms with Crippen molar-refractivity contribution in [2.45, 2.75) is 19.9 Å². The fourth-order valence-corrected chi connectivity index (χ4v) is 3.18. The van der Waals surface area contributed by atoms with Crippen LogP contribution in [0.3, 0.4) is 0 Å². The van der Waals surface area contributed by atoms with Crippen LogP contribution in [0.25, 0.3) is 22.4 Å². The summed E-state index contributed by atoms with van der Waals surface area (Å²) < 4.78 is 32.5. The van der Waals surface area contributed by atoms with Gasteiger partial charge < -0.3 is 15.0 Å². The number of benzene rings is 1. The zero-order chi connectivity index (χ0) is 22.7. The van der Waals surface area contributed by atoms with Gasteiger partial charge in [0.2, 0.25) is 0 Å². The van der Waals surface area contributed by atoms with E-state index in [-0.39, 0.29) is 30.1 Å². The molecule has 8 nitrogen and oxygen atoms in total. The predicted octanol–water partition coefficient (Wildman–Crippen LogP) is 5.04. The van der Waals surface area contributed by atoms with Gasteiger partial charge in [-0.2, -0.15) is 0 Å². The number of anilines is 2. The van der Waals surface area contributed by atoms with Gasteiger partial charge in [0.15, 0.2) is 17.5 Å². The first-order chi connectivity index (χ1) is 15.4. The van der Waals surface area contributed by atoms with Crippen molar-refractivity contribution in [3.63, 3.8) is 0 Å². The normalized spacial score (nSPS) is 11.9. The molecule has 32 heavy (non-hydrogen) atoms. The minimum atomic E-state index is -0.620. The third-order valence-electron chi connectivity index (χ3n) is 4.76. The van der Waals surface area contributed by atoms with Crippen molar-refractivity contribution < 1.29 is 18.3 Å². The first-order valence-corrected chi connectivity index (χ1v) is 9.90. The van der Waals surface area contributed by atoms with Gasteiger partial charge in [0, 0.05) is 17.1 Å². The Labute approximate surface area is 182 Å². The van der Waals surface area contributed by atoms with Crippen molar-refractivity contribution in [2.75, 3.05) is 17.2 Å². The quantitative estimate of drug-likeness (QED) is 0.390. The number of amides is 1. The highest BCUT2D eigenvalue weighted by Gasteiger charge is 2.16. The highest BCUT2D eigenvalue weighted by atomic mass is 19.1. The van der Waals surface area contributed by atoms with E-state index in [1.807, 2.05) is 6.92 Å². The Morgan fingerprint density at radius 3 is 2.72 bits per heavy atom. The number of nitrogens with one attached hydrogen (secondary N) is 3. The van der Waals surface area contributed by atoms with Crippen LogP contribution >= 0.6 is 0 Å². The maximum absolute atomic E-state index is 14.4. The Morgan fingerprint density at radius 1 is 1.19 bits per heavy atom. The minimum absolute atomic E-state index is 0.00920. The van der Waals surface area contributed by atoms with E-state index in [1.165, 1.54) is 18.3 Å². The van der Waals surface area contributed by atoms with Crippen LogP contribution in [0.5, 0.6) is 0 Å². The number of H-pyrrole nitrogens is 1. The lowest BCUT2D eigenvalue weighted by atomic mass is 10.1. The van der Waals surface area contributed by atoms with Crippen LogP contribution in [-0.4, -0.2) is 32.6 Å². The molecule has 3 heterocycles. The van der Waals surface area contributed by atoms with E-state index in [4.69, 9.17) is 4.74 Å². The Kier molecular flexibility index (Phi) is 5.93. The molecule has 0 fully saturated rings. The van der Waals surface area contributed by atoms with Crippen LogP contribution in [-0.2, 0) is 4.74 Å². The molecule has 3 N–H and O–H groups in total. The molecule has 0 saturated heterocycles. The third-order valence-corrected chi connectivity index (χ3v) is 4.76. The molecule has 0 bridgehead atoms. The Morgan fingerprint density at radius 2 is 1.97 bits per heavy atom. The zero-order valence-electron chi connectivity index (χ0n) is 17.3. The van der Waals surface area contributed by atoms with Gasteiger partial charge >= 0.3 is 6.09 Å². The van der Waals surface area contributed by atoms with E-state index in [0.717, 1.165) is 11.8 Å². The van der Waals surface area contributed by atoms with Crippen LogP contribution in [0.1, 0.15) is 25.5 Å². The number of aromatic nitrogens is 4. The second-order valence-electron chi connectivity index (χ2n) is 6.98. The SMILES string of the molecule is CCOC(=O)Nc1cnc2[nH]cc(-c3ncc(F)c(N[C@@H](C)c4ccc(F)cc4)n3)c2c1. The lowest BCUT2D eigenvalue weighted by Gasteiger charge is -2.16. The summed E-state index contributed by atoms with van der Waals surface area (Å²) in [7, 11) is 0. The summed E-state index contributed by atoms with van der Waals surface area (Å²) in [6, 6.07) is 7.31. The average molecular weight is 438 g/mol. The number of ether oxygens (including phenoxy) is 1. The van der Waals surface area contributed by atoms with Crippen molar-refractivity contribution in [2.24, 2.45) is 0 Å². The lowest BCUT2D eigenvalue weighted by molar-refractivity contribution is 0.168. The predicted molar refractivity (Wildman–Crippen MR) is 116 cm³/mol. The van der Waals surface area contributed by atoms with Gasteiger partial charge in [-0.15, -0.1) is 0 Å². The summed E-state index contributed by atoms with van der Waals surface area (Å²) in [5, 5.41) is 6.24. The number of aromatic amines is 1. The molecule has 0 unspecified atom stereocenters. The van der Waals surface area contributed by atoms with E-state index in [0.29, 0.717) is 22.3 Å². The number of rotatable bonds is 6. The number of hydrogen-bond donors (Lipinski definition) is 3. The molecule has 0 aliphatic carbocycles. The molecular formula is C22H20F2N6O2. The molecule has 0 aliphatic rings. The summed E-state index contributed by atoms with van der Waals surface area (Å²) in [6.45, 7) is 3.77. The first-order valence-electron chi connectivity index (χ1n) is 9.90. The minimum Gasteiger partial charge on any atom is -0.450 e.